The molecule has 11 atom stereocenters. The van der Waals surface area contributed by atoms with Crippen LogP contribution in [-0.4, -0.2) is 74.3 Å². The summed E-state index contributed by atoms with van der Waals surface area (Å²) in [5.74, 6) is 0.910. The fraction of sp³-hybridized carbons (Fsp3) is 0.780. The number of carbonyl (C=O) groups is 3. The summed E-state index contributed by atoms with van der Waals surface area (Å²) in [5, 5.41) is 0. The Hall–Kier alpha value is -2.53. The van der Waals surface area contributed by atoms with Crippen molar-refractivity contribution in [1.29, 1.82) is 0 Å². The highest BCUT2D eigenvalue weighted by Gasteiger charge is 2.67. The fourth-order valence-corrected chi connectivity index (χ4v) is 11.4. The molecular weight excluding hydrogens is 644 g/mol. The van der Waals surface area contributed by atoms with Crippen LogP contribution < -0.4 is 17.2 Å². The van der Waals surface area contributed by atoms with Crippen molar-refractivity contribution in [2.45, 2.75) is 123 Å². The molecule has 0 spiro atoms. The Balaban J connectivity index is 1.39. The third-order valence-corrected chi connectivity index (χ3v) is 13.8. The van der Waals surface area contributed by atoms with E-state index in [1.807, 2.05) is 0 Å². The number of hydrogen-bond donors (Lipinski definition) is 3. The smallest absolute Gasteiger partial charge is 0.307 e. The fourth-order valence-electron chi connectivity index (χ4n) is 11.4. The summed E-state index contributed by atoms with van der Waals surface area (Å²) in [5.41, 5.74) is 18.3. The summed E-state index contributed by atoms with van der Waals surface area (Å²) >= 11 is 0. The number of hydrogen-bond acceptors (Lipinski definition) is 10. The molecule has 0 radical (unpaired) electrons. The van der Waals surface area contributed by atoms with E-state index in [1.54, 1.807) is 0 Å². The Morgan fingerprint density at radius 2 is 1.49 bits per heavy atom. The summed E-state index contributed by atoms with van der Waals surface area (Å²) < 4.78 is 18.8. The minimum Gasteiger partial charge on any atom is -0.462 e. The summed E-state index contributed by atoms with van der Waals surface area (Å²) in [6.07, 6.45) is 8.16. The normalized spacial score (nSPS) is 34.9. The quantitative estimate of drug-likeness (QED) is 0.154. The lowest BCUT2D eigenvalue weighted by molar-refractivity contribution is -0.225. The van der Waals surface area contributed by atoms with Crippen molar-refractivity contribution >= 4 is 17.9 Å². The van der Waals surface area contributed by atoms with Crippen LogP contribution in [0.4, 0.5) is 0 Å². The Bertz CT molecular complexity index is 1310. The molecule has 0 aromatic heterocycles. The van der Waals surface area contributed by atoms with E-state index in [-0.39, 0.29) is 110 Å². The van der Waals surface area contributed by atoms with Crippen LogP contribution in [0.2, 0.25) is 0 Å². The van der Waals surface area contributed by atoms with Gasteiger partial charge in [-0.1, -0.05) is 51.1 Å². The Labute approximate surface area is 306 Å². The van der Waals surface area contributed by atoms with Gasteiger partial charge < -0.3 is 36.3 Å². The number of nitrogens with two attached hydrogens (primary N) is 3. The van der Waals surface area contributed by atoms with Gasteiger partial charge in [-0.25, -0.2) is 0 Å². The van der Waals surface area contributed by atoms with Gasteiger partial charge in [0.1, 0.15) is 18.3 Å². The number of carbonyl (C=O) groups excluding carboxylic acids is 3. The SMILES string of the molecule is C[C@H](CCCN(C)Cc1ccccc1)[C@H]1CC[C@H]2C3[C@H](OC(=O)CCN)CC4C[C@H](OC(=O)CCN)CC[C@]4(C)[C@H]3C[C@H](OC(=O)CCN)C12C. The molecule has 0 aliphatic heterocycles. The Morgan fingerprint density at radius 1 is 0.843 bits per heavy atom. The lowest BCUT2D eigenvalue weighted by Gasteiger charge is -2.64. The maximum absolute atomic E-state index is 13.3. The number of rotatable bonds is 16. The third-order valence-electron chi connectivity index (χ3n) is 13.8. The van der Waals surface area contributed by atoms with Crippen molar-refractivity contribution in [2.75, 3.05) is 33.2 Å². The van der Waals surface area contributed by atoms with E-state index in [2.05, 4.69) is 63.1 Å². The minimum absolute atomic E-state index is 0.0644. The summed E-state index contributed by atoms with van der Waals surface area (Å²) in [6, 6.07) is 10.6. The van der Waals surface area contributed by atoms with Gasteiger partial charge in [-0.15, -0.1) is 0 Å². The third kappa shape index (κ3) is 8.82. The lowest BCUT2D eigenvalue weighted by Crippen LogP contribution is -2.63. The van der Waals surface area contributed by atoms with Crippen molar-refractivity contribution in [2.24, 2.45) is 63.5 Å². The highest BCUT2D eigenvalue weighted by atomic mass is 16.6. The monoisotopic (exact) mass is 710 g/mol. The highest BCUT2D eigenvalue weighted by Crippen LogP contribution is 2.69. The van der Waals surface area contributed by atoms with Crippen molar-refractivity contribution in [3.05, 3.63) is 35.9 Å². The maximum atomic E-state index is 13.3. The van der Waals surface area contributed by atoms with Crippen LogP contribution in [0.3, 0.4) is 0 Å². The second-order valence-electron chi connectivity index (χ2n) is 16.9. The molecule has 10 nitrogen and oxygen atoms in total. The first-order chi connectivity index (χ1) is 24.4. The molecule has 286 valence electrons. The van der Waals surface area contributed by atoms with Crippen LogP contribution in [0.1, 0.15) is 103 Å². The summed E-state index contributed by atoms with van der Waals surface area (Å²) in [7, 11) is 2.19. The molecule has 4 saturated carbocycles. The molecule has 0 heterocycles. The van der Waals surface area contributed by atoms with Crippen molar-refractivity contribution < 1.29 is 28.6 Å². The molecule has 3 unspecified atom stereocenters. The first-order valence-corrected chi connectivity index (χ1v) is 19.9. The summed E-state index contributed by atoms with van der Waals surface area (Å²) in [4.78, 5) is 41.3. The van der Waals surface area contributed by atoms with E-state index in [1.165, 1.54) is 5.56 Å². The second-order valence-corrected chi connectivity index (χ2v) is 16.9. The molecule has 0 amide bonds. The number of nitrogens with zero attached hydrogens (tertiary/aromatic N) is 1. The molecule has 4 aliphatic carbocycles. The van der Waals surface area contributed by atoms with Crippen LogP contribution in [0.15, 0.2) is 30.3 Å². The molecule has 4 aliphatic rings. The maximum Gasteiger partial charge on any atom is 0.307 e. The second kappa shape index (κ2) is 17.5. The first kappa shape index (κ1) is 39.7. The topological polar surface area (TPSA) is 160 Å². The van der Waals surface area contributed by atoms with Gasteiger partial charge in [-0.05, 0) is 112 Å². The van der Waals surface area contributed by atoms with Crippen LogP contribution in [0, 0.1) is 46.3 Å². The Morgan fingerprint density at radius 3 is 2.16 bits per heavy atom. The van der Waals surface area contributed by atoms with Crippen LogP contribution in [0.25, 0.3) is 0 Å². The van der Waals surface area contributed by atoms with E-state index in [0.717, 1.165) is 70.9 Å². The van der Waals surface area contributed by atoms with Gasteiger partial charge in [0, 0.05) is 37.5 Å². The zero-order chi connectivity index (χ0) is 36.8. The molecule has 4 fully saturated rings. The highest BCUT2D eigenvalue weighted by molar-refractivity contribution is 5.70. The van der Waals surface area contributed by atoms with Crippen LogP contribution in [0.5, 0.6) is 0 Å². The zero-order valence-corrected chi connectivity index (χ0v) is 31.7. The van der Waals surface area contributed by atoms with Gasteiger partial charge in [0.25, 0.3) is 0 Å². The van der Waals surface area contributed by atoms with Crippen molar-refractivity contribution in [1.82, 2.24) is 4.90 Å². The molecular formula is C41H66N4O6. The number of fused-ring (bicyclic) bond motifs is 5. The van der Waals surface area contributed by atoms with Crippen molar-refractivity contribution in [3.63, 3.8) is 0 Å². The van der Waals surface area contributed by atoms with Gasteiger partial charge in [-0.2, -0.15) is 0 Å². The molecule has 0 saturated heterocycles. The van der Waals surface area contributed by atoms with Crippen LogP contribution in [-0.2, 0) is 35.1 Å². The molecule has 10 heteroatoms. The van der Waals surface area contributed by atoms with E-state index in [9.17, 15) is 14.4 Å². The van der Waals surface area contributed by atoms with Gasteiger partial charge in [0.15, 0.2) is 0 Å². The molecule has 0 bridgehead atoms. The molecule has 1 aromatic carbocycles. The lowest BCUT2D eigenvalue weighted by atomic mass is 9.43. The molecule has 5 rings (SSSR count). The zero-order valence-electron chi connectivity index (χ0n) is 31.7. The molecule has 51 heavy (non-hydrogen) atoms. The number of ether oxygens (including phenoxy) is 3. The van der Waals surface area contributed by atoms with E-state index < -0.39 is 0 Å². The minimum atomic E-state index is -0.253. The predicted molar refractivity (Wildman–Crippen MR) is 198 cm³/mol. The number of benzene rings is 1. The predicted octanol–water partition coefficient (Wildman–Crippen LogP) is 5.20. The number of esters is 3. The first-order valence-electron chi connectivity index (χ1n) is 19.9. The van der Waals surface area contributed by atoms with E-state index >= 15 is 0 Å². The van der Waals surface area contributed by atoms with Gasteiger partial charge >= 0.3 is 17.9 Å². The average molecular weight is 711 g/mol. The van der Waals surface area contributed by atoms with E-state index in [4.69, 9.17) is 31.4 Å². The van der Waals surface area contributed by atoms with Crippen molar-refractivity contribution in [3.8, 4) is 0 Å². The van der Waals surface area contributed by atoms with E-state index in [0.29, 0.717) is 11.8 Å². The van der Waals surface area contributed by atoms with Gasteiger partial charge in [0.2, 0.25) is 0 Å². The molecule has 1 aromatic rings. The largest absolute Gasteiger partial charge is 0.462 e. The van der Waals surface area contributed by atoms with Crippen LogP contribution >= 0.6 is 0 Å². The average Bonchev–Trinajstić information content (AvgIpc) is 3.44. The van der Waals surface area contributed by atoms with Gasteiger partial charge in [0.05, 0.1) is 19.3 Å². The van der Waals surface area contributed by atoms with Gasteiger partial charge in [-0.3, -0.25) is 14.4 Å². The molecule has 6 N–H and O–H groups in total. The Kier molecular flexibility index (Phi) is 13.6. The standard InChI is InChI=1S/C41H66N4O6/c1-27(9-8-22-45(4)26-28-10-6-5-7-11-28)31-12-13-32-39-33(25-35(41(31,32)3)51-38(48)17-21-44)40(2)18-14-30(49-36(46)15-19-42)23-29(40)24-34(39)50-37(47)16-20-43/h5-7,10-11,27,29-35,39H,8-9,12-26,42-44H2,1-4H3/t27-,29?,30-,31-,32+,33+,34-,35+,39?,40+,41?/m1/s1. The summed E-state index contributed by atoms with van der Waals surface area (Å²) in [6.45, 7) is 9.90.